The van der Waals surface area contributed by atoms with Crippen molar-refractivity contribution in [1.29, 1.82) is 0 Å². The van der Waals surface area contributed by atoms with Crippen molar-refractivity contribution in [2.45, 2.75) is 38.5 Å². The van der Waals surface area contributed by atoms with Gasteiger partial charge in [-0.25, -0.2) is 0 Å². The maximum absolute atomic E-state index is 6.42. The summed E-state index contributed by atoms with van der Waals surface area (Å²) in [5.74, 6) is 0. The molecule has 3 heteroatoms. The van der Waals surface area contributed by atoms with Gasteiger partial charge in [-0.3, -0.25) is 0 Å². The number of para-hydroxylation sites is 1. The highest BCUT2D eigenvalue weighted by molar-refractivity contribution is 9.10. The van der Waals surface area contributed by atoms with Crippen LogP contribution in [0.1, 0.15) is 49.9 Å². The highest BCUT2D eigenvalue weighted by Gasteiger charge is 2.43. The number of fused-ring (bicyclic) bond motifs is 10. The molecule has 0 N–H and O–H groups in total. The van der Waals surface area contributed by atoms with Gasteiger partial charge in [0.2, 0.25) is 0 Å². The lowest BCUT2D eigenvalue weighted by atomic mass is 9.79. The van der Waals surface area contributed by atoms with Crippen LogP contribution in [0.15, 0.2) is 69.6 Å². The minimum atomic E-state index is -0.117. The number of rotatable bonds is 0. The van der Waals surface area contributed by atoms with Crippen LogP contribution < -0.4 is 0 Å². The molecule has 7 rings (SSSR count). The van der Waals surface area contributed by atoms with Gasteiger partial charge in [-0.1, -0.05) is 63.6 Å². The molecule has 0 aliphatic heterocycles. The molecule has 0 bridgehead atoms. The normalized spacial score (nSPS) is 16.7. The third kappa shape index (κ3) is 2.34. The molecule has 162 valence electrons. The predicted molar refractivity (Wildman–Crippen MR) is 142 cm³/mol. The Labute approximate surface area is 206 Å². The number of benzene rings is 4. The molecule has 0 saturated heterocycles. The first-order valence-corrected chi connectivity index (χ1v) is 12.5. The fraction of sp³-hybridized carbons (Fsp3) is 0.200. The summed E-state index contributed by atoms with van der Waals surface area (Å²) in [6, 6.07) is 21.9. The number of hydrogen-bond acceptors (Lipinski definition) is 1. The minimum absolute atomic E-state index is 0.107. The van der Waals surface area contributed by atoms with Gasteiger partial charge < -0.3 is 4.42 Å². The Morgan fingerprint density at radius 2 is 1.39 bits per heavy atom. The summed E-state index contributed by atoms with van der Waals surface area (Å²) >= 11 is 10.2. The molecule has 1 heterocycles. The van der Waals surface area contributed by atoms with E-state index in [0.29, 0.717) is 0 Å². The van der Waals surface area contributed by atoms with Crippen molar-refractivity contribution >= 4 is 49.5 Å². The molecule has 2 aliphatic carbocycles. The molecule has 33 heavy (non-hydrogen) atoms. The first kappa shape index (κ1) is 19.9. The molecule has 1 aromatic heterocycles. The zero-order valence-corrected chi connectivity index (χ0v) is 21.3. The van der Waals surface area contributed by atoms with Crippen LogP contribution in [-0.2, 0) is 10.8 Å². The van der Waals surface area contributed by atoms with E-state index in [2.05, 4.69) is 92.2 Å². The lowest BCUT2D eigenvalue weighted by Gasteiger charge is -2.24. The zero-order valence-electron chi connectivity index (χ0n) is 18.9. The fourth-order valence-electron chi connectivity index (χ4n) is 6.26. The van der Waals surface area contributed by atoms with Gasteiger partial charge >= 0.3 is 0 Å². The molecule has 1 nitrogen and oxygen atoms in total. The molecule has 2 aliphatic rings. The van der Waals surface area contributed by atoms with Crippen molar-refractivity contribution in [2.75, 3.05) is 0 Å². The van der Waals surface area contributed by atoms with Crippen LogP contribution >= 0.6 is 27.5 Å². The summed E-state index contributed by atoms with van der Waals surface area (Å²) < 4.78 is 7.34. The van der Waals surface area contributed by atoms with Crippen molar-refractivity contribution in [3.05, 3.63) is 92.4 Å². The Kier molecular flexibility index (Phi) is 3.68. The number of hydrogen-bond donors (Lipinski definition) is 0. The molecule has 4 aromatic carbocycles. The topological polar surface area (TPSA) is 13.1 Å². The molecule has 0 atom stereocenters. The summed E-state index contributed by atoms with van der Waals surface area (Å²) in [5.41, 5.74) is 12.3. The Balaban J connectivity index is 1.63. The molecule has 0 fully saturated rings. The molecule has 0 amide bonds. The van der Waals surface area contributed by atoms with Crippen LogP contribution in [0.3, 0.4) is 0 Å². The maximum atomic E-state index is 6.42. The van der Waals surface area contributed by atoms with Crippen molar-refractivity contribution in [3.8, 4) is 22.3 Å². The summed E-state index contributed by atoms with van der Waals surface area (Å²) in [6.45, 7) is 9.30. The van der Waals surface area contributed by atoms with E-state index in [9.17, 15) is 0 Å². The second kappa shape index (κ2) is 6.11. The molecule has 5 aromatic rings. The summed E-state index contributed by atoms with van der Waals surface area (Å²) in [4.78, 5) is 0. The Morgan fingerprint density at radius 3 is 2.21 bits per heavy atom. The molecular weight excluding hydrogens is 492 g/mol. The largest absolute Gasteiger partial charge is 0.455 e. The summed E-state index contributed by atoms with van der Waals surface area (Å²) in [6.07, 6.45) is 0. The predicted octanol–water partition coefficient (Wildman–Crippen LogP) is 9.61. The Morgan fingerprint density at radius 1 is 0.727 bits per heavy atom. The highest BCUT2D eigenvalue weighted by Crippen LogP contribution is 2.58. The van der Waals surface area contributed by atoms with E-state index in [1.807, 2.05) is 12.1 Å². The van der Waals surface area contributed by atoms with E-state index >= 15 is 0 Å². The van der Waals surface area contributed by atoms with Crippen LogP contribution in [0.2, 0.25) is 5.02 Å². The first-order valence-electron chi connectivity index (χ1n) is 11.3. The molecular formula is C30H22BrClO. The standard InChI is InChI=1S/C30H22BrClO/c1-29(2)20-11-15(32)9-10-16(20)18-12-22-19(13-21(18)29)26-23(30(22,3)4)14-24(31)28-27(26)17-7-5-6-8-25(17)33-28/h5-14H,1-4H3. The Hall–Kier alpha value is -2.55. The highest BCUT2D eigenvalue weighted by atomic mass is 79.9. The first-order chi connectivity index (χ1) is 15.7. The zero-order chi connectivity index (χ0) is 22.9. The summed E-state index contributed by atoms with van der Waals surface area (Å²) in [7, 11) is 0. The molecule has 0 radical (unpaired) electrons. The monoisotopic (exact) mass is 512 g/mol. The van der Waals surface area contributed by atoms with Gasteiger partial charge in [0, 0.05) is 26.6 Å². The lowest BCUT2D eigenvalue weighted by Crippen LogP contribution is -2.17. The fourth-order valence-corrected chi connectivity index (χ4v) is 6.94. The minimum Gasteiger partial charge on any atom is -0.455 e. The van der Waals surface area contributed by atoms with Crippen molar-refractivity contribution < 1.29 is 4.42 Å². The molecule has 0 spiro atoms. The van der Waals surface area contributed by atoms with Gasteiger partial charge in [-0.05, 0) is 96.8 Å². The van der Waals surface area contributed by atoms with Crippen LogP contribution in [0.25, 0.3) is 44.2 Å². The van der Waals surface area contributed by atoms with Crippen LogP contribution in [0, 0.1) is 0 Å². The van der Waals surface area contributed by atoms with Crippen LogP contribution in [0.4, 0.5) is 0 Å². The van der Waals surface area contributed by atoms with Crippen LogP contribution in [0.5, 0.6) is 0 Å². The third-order valence-corrected chi connectivity index (χ3v) is 8.82. The van der Waals surface area contributed by atoms with Gasteiger partial charge in [-0.15, -0.1) is 0 Å². The van der Waals surface area contributed by atoms with E-state index < -0.39 is 0 Å². The average molecular weight is 514 g/mol. The van der Waals surface area contributed by atoms with Crippen LogP contribution in [-0.4, -0.2) is 0 Å². The van der Waals surface area contributed by atoms with Crippen molar-refractivity contribution in [2.24, 2.45) is 0 Å². The van der Waals surface area contributed by atoms with E-state index in [1.54, 1.807) is 0 Å². The lowest BCUT2D eigenvalue weighted by molar-refractivity contribution is 0.650. The quantitative estimate of drug-likeness (QED) is 0.201. The van der Waals surface area contributed by atoms with Crippen molar-refractivity contribution in [3.63, 3.8) is 0 Å². The molecule has 0 unspecified atom stereocenters. The van der Waals surface area contributed by atoms with Gasteiger partial charge in [-0.2, -0.15) is 0 Å². The van der Waals surface area contributed by atoms with Gasteiger partial charge in [0.15, 0.2) is 0 Å². The average Bonchev–Trinajstić information content (AvgIpc) is 3.34. The number of furan rings is 1. The Bertz CT molecular complexity index is 1690. The van der Waals surface area contributed by atoms with E-state index in [1.165, 1.54) is 55.3 Å². The second-order valence-corrected chi connectivity index (χ2v) is 11.8. The summed E-state index contributed by atoms with van der Waals surface area (Å²) in [5, 5.41) is 3.17. The van der Waals surface area contributed by atoms with E-state index in [4.69, 9.17) is 16.0 Å². The van der Waals surface area contributed by atoms with Crippen molar-refractivity contribution in [1.82, 2.24) is 0 Å². The molecule has 0 saturated carbocycles. The number of halogens is 2. The van der Waals surface area contributed by atoms with Gasteiger partial charge in [0.1, 0.15) is 11.2 Å². The van der Waals surface area contributed by atoms with Gasteiger partial charge in [0.25, 0.3) is 0 Å². The second-order valence-electron chi connectivity index (χ2n) is 10.5. The maximum Gasteiger partial charge on any atom is 0.150 e. The SMILES string of the molecule is CC1(C)c2cc(Cl)ccc2-c2cc3c(cc21)-c1c(cc(Br)c2oc4ccccc4c12)C3(C)C. The van der Waals surface area contributed by atoms with E-state index in [0.717, 1.165) is 20.7 Å². The van der Waals surface area contributed by atoms with E-state index in [-0.39, 0.29) is 10.8 Å². The smallest absolute Gasteiger partial charge is 0.150 e. The third-order valence-electron chi connectivity index (χ3n) is 7.99. The van der Waals surface area contributed by atoms with Gasteiger partial charge in [0.05, 0.1) is 4.47 Å².